The monoisotopic (exact) mass is 354 g/mol. The van der Waals surface area contributed by atoms with E-state index in [0.717, 1.165) is 54.2 Å². The van der Waals surface area contributed by atoms with Gasteiger partial charge in [-0.1, -0.05) is 19.1 Å². The summed E-state index contributed by atoms with van der Waals surface area (Å²) in [6.45, 7) is 5.76. The highest BCUT2D eigenvalue weighted by Crippen LogP contribution is 2.31. The minimum Gasteiger partial charge on any atom is -0.440 e. The van der Waals surface area contributed by atoms with Crippen molar-refractivity contribution >= 4 is 28.3 Å². The SMILES string of the molecule is CCc1sc(C(=O)N2CCC(c3nc4ccccc4o3)CC2)cc1C. The van der Waals surface area contributed by atoms with Gasteiger partial charge in [-0.3, -0.25) is 4.79 Å². The summed E-state index contributed by atoms with van der Waals surface area (Å²) in [6, 6.07) is 9.91. The van der Waals surface area contributed by atoms with Gasteiger partial charge in [-0.15, -0.1) is 11.3 Å². The van der Waals surface area contributed by atoms with Crippen LogP contribution in [-0.2, 0) is 6.42 Å². The molecule has 4 nitrogen and oxygen atoms in total. The lowest BCUT2D eigenvalue weighted by Crippen LogP contribution is -2.37. The van der Waals surface area contributed by atoms with Crippen LogP contribution in [0.15, 0.2) is 34.7 Å². The van der Waals surface area contributed by atoms with Gasteiger partial charge in [-0.25, -0.2) is 4.98 Å². The van der Waals surface area contributed by atoms with Crippen LogP contribution in [0.5, 0.6) is 0 Å². The predicted molar refractivity (Wildman–Crippen MR) is 100 cm³/mol. The number of oxazole rings is 1. The Kier molecular flexibility index (Phi) is 4.34. The molecular formula is C20H22N2O2S. The molecule has 0 spiro atoms. The van der Waals surface area contributed by atoms with Crippen LogP contribution in [0.4, 0.5) is 0 Å². The number of carbonyl (C=O) groups excluding carboxylic acids is 1. The molecule has 0 atom stereocenters. The predicted octanol–water partition coefficient (Wildman–Crippen LogP) is 4.78. The number of fused-ring (bicyclic) bond motifs is 1. The molecule has 1 aliphatic heterocycles. The second-order valence-electron chi connectivity index (χ2n) is 6.66. The van der Waals surface area contributed by atoms with E-state index in [1.807, 2.05) is 35.2 Å². The van der Waals surface area contributed by atoms with Gasteiger partial charge in [-0.2, -0.15) is 0 Å². The lowest BCUT2D eigenvalue weighted by Gasteiger charge is -2.30. The first kappa shape index (κ1) is 16.3. The second kappa shape index (κ2) is 6.64. The molecule has 130 valence electrons. The summed E-state index contributed by atoms with van der Waals surface area (Å²) in [7, 11) is 0. The molecule has 1 aliphatic rings. The van der Waals surface area contributed by atoms with Crippen LogP contribution < -0.4 is 0 Å². The summed E-state index contributed by atoms with van der Waals surface area (Å²) in [5.74, 6) is 1.28. The zero-order valence-electron chi connectivity index (χ0n) is 14.6. The van der Waals surface area contributed by atoms with Gasteiger partial charge in [0.15, 0.2) is 11.5 Å². The summed E-state index contributed by atoms with van der Waals surface area (Å²) in [4.78, 5) is 21.5. The molecule has 0 saturated carbocycles. The maximum Gasteiger partial charge on any atom is 0.263 e. The van der Waals surface area contributed by atoms with Crippen molar-refractivity contribution in [2.75, 3.05) is 13.1 Å². The molecule has 4 rings (SSSR count). The lowest BCUT2D eigenvalue weighted by molar-refractivity contribution is 0.0711. The van der Waals surface area contributed by atoms with Crippen LogP contribution in [0.3, 0.4) is 0 Å². The highest BCUT2D eigenvalue weighted by Gasteiger charge is 2.28. The first-order valence-corrected chi connectivity index (χ1v) is 9.71. The van der Waals surface area contributed by atoms with Crippen molar-refractivity contribution in [3.63, 3.8) is 0 Å². The van der Waals surface area contributed by atoms with Gasteiger partial charge in [0, 0.05) is 23.9 Å². The molecule has 0 N–H and O–H groups in total. The van der Waals surface area contributed by atoms with Crippen molar-refractivity contribution in [3.8, 4) is 0 Å². The number of benzene rings is 1. The Hall–Kier alpha value is -2.14. The summed E-state index contributed by atoms with van der Waals surface area (Å²) in [6.07, 6.45) is 2.80. The van der Waals surface area contributed by atoms with Crippen LogP contribution in [0.1, 0.15) is 51.7 Å². The Morgan fingerprint density at radius 3 is 2.76 bits per heavy atom. The molecule has 1 saturated heterocycles. The fourth-order valence-electron chi connectivity index (χ4n) is 3.53. The van der Waals surface area contributed by atoms with Gasteiger partial charge < -0.3 is 9.32 Å². The number of thiophene rings is 1. The van der Waals surface area contributed by atoms with Gasteiger partial charge in [0.2, 0.25) is 0 Å². The average Bonchev–Trinajstić information content (AvgIpc) is 3.24. The topological polar surface area (TPSA) is 46.3 Å². The number of amides is 1. The molecule has 3 aromatic rings. The number of piperidine rings is 1. The summed E-state index contributed by atoms with van der Waals surface area (Å²) >= 11 is 1.64. The number of nitrogens with zero attached hydrogens (tertiary/aromatic N) is 2. The minimum atomic E-state index is 0.170. The van der Waals surface area contributed by atoms with Crippen molar-refractivity contribution < 1.29 is 9.21 Å². The van der Waals surface area contributed by atoms with Crippen LogP contribution >= 0.6 is 11.3 Å². The third kappa shape index (κ3) is 3.09. The molecule has 25 heavy (non-hydrogen) atoms. The molecule has 1 amide bonds. The molecular weight excluding hydrogens is 332 g/mol. The van der Waals surface area contributed by atoms with E-state index in [0.29, 0.717) is 5.92 Å². The van der Waals surface area contributed by atoms with E-state index < -0.39 is 0 Å². The molecule has 0 bridgehead atoms. The first-order valence-electron chi connectivity index (χ1n) is 8.89. The fraction of sp³-hybridized carbons (Fsp3) is 0.400. The standard InChI is InChI=1S/C20H22N2O2S/c1-3-17-13(2)12-18(25-17)20(23)22-10-8-14(9-11-22)19-21-15-6-4-5-7-16(15)24-19/h4-7,12,14H,3,8-11H2,1-2H3. The highest BCUT2D eigenvalue weighted by molar-refractivity contribution is 7.14. The maximum atomic E-state index is 12.8. The van der Waals surface area contributed by atoms with Crippen molar-refractivity contribution in [2.45, 2.75) is 39.0 Å². The van der Waals surface area contributed by atoms with Crippen molar-refractivity contribution in [1.82, 2.24) is 9.88 Å². The third-order valence-corrected chi connectivity index (χ3v) is 6.36. The Labute approximate surface area is 151 Å². The molecule has 5 heteroatoms. The zero-order chi connectivity index (χ0) is 17.4. The van der Waals surface area contributed by atoms with Gasteiger partial charge >= 0.3 is 0 Å². The Balaban J connectivity index is 1.44. The van der Waals surface area contributed by atoms with E-state index in [1.54, 1.807) is 11.3 Å². The normalized spacial score (nSPS) is 15.8. The van der Waals surface area contributed by atoms with E-state index in [2.05, 4.69) is 18.8 Å². The first-order chi connectivity index (χ1) is 12.2. The van der Waals surface area contributed by atoms with Crippen LogP contribution in [0, 0.1) is 6.92 Å². The number of aromatic nitrogens is 1. The lowest BCUT2D eigenvalue weighted by atomic mass is 9.96. The number of carbonyl (C=O) groups is 1. The number of aryl methyl sites for hydroxylation is 2. The highest BCUT2D eigenvalue weighted by atomic mass is 32.1. The van der Waals surface area contributed by atoms with Crippen molar-refractivity contribution in [3.05, 3.63) is 51.5 Å². The van der Waals surface area contributed by atoms with E-state index in [-0.39, 0.29) is 5.91 Å². The van der Waals surface area contributed by atoms with Gasteiger partial charge in [0.05, 0.1) is 4.88 Å². The van der Waals surface area contributed by atoms with Crippen LogP contribution in [0.25, 0.3) is 11.1 Å². The number of hydrogen-bond donors (Lipinski definition) is 0. The van der Waals surface area contributed by atoms with Crippen molar-refractivity contribution in [1.29, 1.82) is 0 Å². The van der Waals surface area contributed by atoms with E-state index in [4.69, 9.17) is 4.42 Å². The summed E-state index contributed by atoms with van der Waals surface area (Å²) in [5, 5.41) is 0. The number of likely N-dealkylation sites (tertiary alicyclic amines) is 1. The molecule has 2 aromatic heterocycles. The largest absolute Gasteiger partial charge is 0.440 e. The minimum absolute atomic E-state index is 0.170. The van der Waals surface area contributed by atoms with Crippen LogP contribution in [-0.4, -0.2) is 28.9 Å². The Bertz CT molecular complexity index is 870. The zero-order valence-corrected chi connectivity index (χ0v) is 15.4. The molecule has 1 fully saturated rings. The molecule has 3 heterocycles. The quantitative estimate of drug-likeness (QED) is 0.680. The van der Waals surface area contributed by atoms with Gasteiger partial charge in [0.1, 0.15) is 5.52 Å². The van der Waals surface area contributed by atoms with Crippen LogP contribution in [0.2, 0.25) is 0 Å². The fourth-order valence-corrected chi connectivity index (χ4v) is 4.61. The van der Waals surface area contributed by atoms with Gasteiger partial charge in [-0.05, 0) is 49.9 Å². The third-order valence-electron chi connectivity index (χ3n) is 4.99. The smallest absolute Gasteiger partial charge is 0.263 e. The second-order valence-corrected chi connectivity index (χ2v) is 7.79. The van der Waals surface area contributed by atoms with E-state index in [9.17, 15) is 4.79 Å². The maximum absolute atomic E-state index is 12.8. The van der Waals surface area contributed by atoms with E-state index >= 15 is 0 Å². The van der Waals surface area contributed by atoms with Gasteiger partial charge in [0.25, 0.3) is 5.91 Å². The van der Waals surface area contributed by atoms with E-state index in [1.165, 1.54) is 10.4 Å². The van der Waals surface area contributed by atoms with Crippen molar-refractivity contribution in [2.24, 2.45) is 0 Å². The molecule has 1 aromatic carbocycles. The molecule has 0 radical (unpaired) electrons. The number of para-hydroxylation sites is 2. The number of hydrogen-bond acceptors (Lipinski definition) is 4. The molecule has 0 unspecified atom stereocenters. The average molecular weight is 354 g/mol. The summed E-state index contributed by atoms with van der Waals surface area (Å²) < 4.78 is 5.91. The molecule has 0 aliphatic carbocycles. The Morgan fingerprint density at radius 2 is 2.08 bits per heavy atom. The Morgan fingerprint density at radius 1 is 1.32 bits per heavy atom. The number of rotatable bonds is 3. The summed E-state index contributed by atoms with van der Waals surface area (Å²) in [5.41, 5.74) is 2.99.